The van der Waals surface area contributed by atoms with Gasteiger partial charge in [0.15, 0.2) is 5.11 Å². The zero-order valence-electron chi connectivity index (χ0n) is 13.8. The van der Waals surface area contributed by atoms with Crippen molar-refractivity contribution in [3.8, 4) is 0 Å². The summed E-state index contributed by atoms with van der Waals surface area (Å²) in [6, 6.07) is 14.7. The van der Waals surface area contributed by atoms with Crippen LogP contribution < -0.4 is 10.6 Å². The van der Waals surface area contributed by atoms with E-state index in [4.69, 9.17) is 12.2 Å². The minimum atomic E-state index is 0.191. The van der Waals surface area contributed by atoms with Crippen LogP contribution in [0.5, 0.6) is 0 Å². The standard InChI is InChI=1S/C19H22BrN3S/c1-14-16(20)9-10-17(22-14)23-18(24)21-13-19(11-5-6-12-19)15-7-3-2-4-8-15/h2-4,7-10H,5-6,11-13H2,1H3,(H2,21,22,23,24). The van der Waals surface area contributed by atoms with Crippen molar-refractivity contribution >= 4 is 39.1 Å². The molecule has 3 rings (SSSR count). The van der Waals surface area contributed by atoms with Crippen LogP contribution in [0, 0.1) is 6.92 Å². The third kappa shape index (κ3) is 3.95. The van der Waals surface area contributed by atoms with E-state index in [1.54, 1.807) is 0 Å². The van der Waals surface area contributed by atoms with Crippen molar-refractivity contribution in [2.75, 3.05) is 11.9 Å². The Morgan fingerprint density at radius 1 is 1.17 bits per heavy atom. The molecule has 0 radical (unpaired) electrons. The maximum absolute atomic E-state index is 5.47. The molecule has 0 spiro atoms. The average molecular weight is 404 g/mol. The van der Waals surface area contributed by atoms with Gasteiger partial charge in [0.25, 0.3) is 0 Å². The summed E-state index contributed by atoms with van der Waals surface area (Å²) >= 11 is 8.94. The fraction of sp³-hybridized carbons (Fsp3) is 0.368. The van der Waals surface area contributed by atoms with Crippen LogP contribution >= 0.6 is 28.1 Å². The van der Waals surface area contributed by atoms with Crippen LogP contribution in [0.2, 0.25) is 0 Å². The van der Waals surface area contributed by atoms with E-state index in [1.807, 2.05) is 19.1 Å². The first-order chi connectivity index (χ1) is 11.6. The average Bonchev–Trinajstić information content (AvgIpc) is 3.07. The Morgan fingerprint density at radius 2 is 1.88 bits per heavy atom. The molecule has 3 nitrogen and oxygen atoms in total. The number of thiocarbonyl (C=S) groups is 1. The lowest BCUT2D eigenvalue weighted by Crippen LogP contribution is -2.40. The number of aromatic nitrogens is 1. The fourth-order valence-electron chi connectivity index (χ4n) is 3.43. The molecule has 126 valence electrons. The van der Waals surface area contributed by atoms with Gasteiger partial charge in [-0.1, -0.05) is 43.2 Å². The maximum Gasteiger partial charge on any atom is 0.171 e. The molecule has 0 atom stereocenters. The molecule has 0 bridgehead atoms. The quantitative estimate of drug-likeness (QED) is 0.707. The lowest BCUT2D eigenvalue weighted by molar-refractivity contribution is 0.435. The summed E-state index contributed by atoms with van der Waals surface area (Å²) < 4.78 is 1.00. The lowest BCUT2D eigenvalue weighted by Gasteiger charge is -2.30. The Kier molecular flexibility index (Phi) is 5.51. The van der Waals surface area contributed by atoms with Crippen LogP contribution in [0.3, 0.4) is 0 Å². The molecule has 5 heteroatoms. The summed E-state index contributed by atoms with van der Waals surface area (Å²) in [5.41, 5.74) is 2.55. The molecule has 0 unspecified atom stereocenters. The largest absolute Gasteiger partial charge is 0.362 e. The normalized spacial score (nSPS) is 15.9. The number of anilines is 1. The van der Waals surface area contributed by atoms with E-state index in [9.17, 15) is 0 Å². The minimum absolute atomic E-state index is 0.191. The van der Waals surface area contributed by atoms with Gasteiger partial charge in [0, 0.05) is 16.4 Å². The molecule has 2 N–H and O–H groups in total. The summed E-state index contributed by atoms with van der Waals surface area (Å²) in [6.45, 7) is 2.83. The molecule has 1 aliphatic rings. The number of hydrogen-bond donors (Lipinski definition) is 2. The molecule has 1 aliphatic carbocycles. The fourth-order valence-corrected chi connectivity index (χ4v) is 3.83. The Balaban J connectivity index is 1.64. The molecular weight excluding hydrogens is 382 g/mol. The molecule has 1 aromatic heterocycles. The van der Waals surface area contributed by atoms with Crippen molar-refractivity contribution in [3.05, 3.63) is 58.2 Å². The van der Waals surface area contributed by atoms with Crippen LogP contribution in [-0.4, -0.2) is 16.6 Å². The van der Waals surface area contributed by atoms with Crippen LogP contribution in [0.25, 0.3) is 0 Å². The van der Waals surface area contributed by atoms with Crippen molar-refractivity contribution in [2.24, 2.45) is 0 Å². The summed E-state index contributed by atoms with van der Waals surface area (Å²) in [5, 5.41) is 7.24. The molecule has 1 aromatic carbocycles. The number of rotatable bonds is 4. The van der Waals surface area contributed by atoms with Gasteiger partial charge in [0.2, 0.25) is 0 Å². The molecule has 24 heavy (non-hydrogen) atoms. The summed E-state index contributed by atoms with van der Waals surface area (Å²) in [5.74, 6) is 0.772. The Hall–Kier alpha value is -1.46. The topological polar surface area (TPSA) is 37.0 Å². The smallest absolute Gasteiger partial charge is 0.171 e. The van der Waals surface area contributed by atoms with Gasteiger partial charge in [-0.25, -0.2) is 4.98 Å². The SMILES string of the molecule is Cc1nc(NC(=S)NCC2(c3ccccc3)CCCC2)ccc1Br. The highest BCUT2D eigenvalue weighted by Crippen LogP contribution is 2.40. The number of aryl methyl sites for hydroxylation is 1. The van der Waals surface area contributed by atoms with Gasteiger partial charge < -0.3 is 10.6 Å². The van der Waals surface area contributed by atoms with Gasteiger partial charge in [0.05, 0.1) is 5.69 Å². The molecule has 0 aliphatic heterocycles. The van der Waals surface area contributed by atoms with Gasteiger partial charge in [0.1, 0.15) is 5.82 Å². The second-order valence-electron chi connectivity index (χ2n) is 6.42. The Labute approximate surface area is 157 Å². The van der Waals surface area contributed by atoms with Gasteiger partial charge in [-0.15, -0.1) is 0 Å². The summed E-state index contributed by atoms with van der Waals surface area (Å²) in [7, 11) is 0. The van der Waals surface area contributed by atoms with Gasteiger partial charge in [-0.2, -0.15) is 0 Å². The third-order valence-electron chi connectivity index (χ3n) is 4.80. The third-order valence-corrected chi connectivity index (χ3v) is 5.88. The van der Waals surface area contributed by atoms with E-state index in [1.165, 1.54) is 31.2 Å². The zero-order chi connectivity index (χ0) is 17.0. The number of halogens is 1. The van der Waals surface area contributed by atoms with E-state index in [0.29, 0.717) is 5.11 Å². The van der Waals surface area contributed by atoms with E-state index in [-0.39, 0.29) is 5.41 Å². The van der Waals surface area contributed by atoms with E-state index < -0.39 is 0 Å². The number of hydrogen-bond acceptors (Lipinski definition) is 2. The second-order valence-corrected chi connectivity index (χ2v) is 7.69. The van der Waals surface area contributed by atoms with Crippen LogP contribution in [-0.2, 0) is 5.41 Å². The molecule has 1 fully saturated rings. The van der Waals surface area contributed by atoms with Crippen molar-refractivity contribution in [2.45, 2.75) is 38.0 Å². The predicted octanol–water partition coefficient (Wildman–Crippen LogP) is 4.95. The monoisotopic (exact) mass is 403 g/mol. The first-order valence-corrected chi connectivity index (χ1v) is 9.53. The molecule has 2 aromatic rings. The molecule has 0 amide bonds. The number of benzene rings is 1. The number of nitrogens with one attached hydrogen (secondary N) is 2. The maximum atomic E-state index is 5.47. The number of pyridine rings is 1. The van der Waals surface area contributed by atoms with Crippen molar-refractivity contribution in [3.63, 3.8) is 0 Å². The predicted molar refractivity (Wildman–Crippen MR) is 107 cm³/mol. The number of nitrogens with zero attached hydrogens (tertiary/aromatic N) is 1. The van der Waals surface area contributed by atoms with Crippen LogP contribution in [0.15, 0.2) is 46.9 Å². The van der Waals surface area contributed by atoms with Crippen LogP contribution in [0.4, 0.5) is 5.82 Å². The Morgan fingerprint density at radius 3 is 2.54 bits per heavy atom. The highest BCUT2D eigenvalue weighted by Gasteiger charge is 2.35. The molecule has 1 saturated carbocycles. The van der Waals surface area contributed by atoms with Gasteiger partial charge in [-0.05, 0) is 65.6 Å². The van der Waals surface area contributed by atoms with Crippen molar-refractivity contribution in [1.82, 2.24) is 10.3 Å². The lowest BCUT2D eigenvalue weighted by atomic mass is 9.79. The zero-order valence-corrected chi connectivity index (χ0v) is 16.2. The van der Waals surface area contributed by atoms with Gasteiger partial charge in [-0.3, -0.25) is 0 Å². The molecule has 1 heterocycles. The second kappa shape index (κ2) is 7.62. The summed E-state index contributed by atoms with van der Waals surface area (Å²) in [6.07, 6.45) is 4.99. The van der Waals surface area contributed by atoms with E-state index in [0.717, 1.165) is 22.5 Å². The summed E-state index contributed by atoms with van der Waals surface area (Å²) in [4.78, 5) is 4.48. The van der Waals surface area contributed by atoms with E-state index in [2.05, 4.69) is 61.9 Å². The molecular formula is C19H22BrN3S. The first-order valence-electron chi connectivity index (χ1n) is 8.33. The van der Waals surface area contributed by atoms with E-state index >= 15 is 0 Å². The first kappa shape index (κ1) is 17.4. The van der Waals surface area contributed by atoms with Gasteiger partial charge >= 0.3 is 0 Å². The van der Waals surface area contributed by atoms with Crippen LogP contribution in [0.1, 0.15) is 36.9 Å². The Bertz CT molecular complexity index is 712. The minimum Gasteiger partial charge on any atom is -0.362 e. The van der Waals surface area contributed by atoms with Crippen molar-refractivity contribution in [1.29, 1.82) is 0 Å². The highest BCUT2D eigenvalue weighted by molar-refractivity contribution is 9.10. The molecule has 0 saturated heterocycles. The highest BCUT2D eigenvalue weighted by atomic mass is 79.9. The van der Waals surface area contributed by atoms with Crippen molar-refractivity contribution < 1.29 is 0 Å².